The predicted molar refractivity (Wildman–Crippen MR) is 88.4 cm³/mol. The van der Waals surface area contributed by atoms with Crippen LogP contribution in [0.25, 0.3) is 0 Å². The Bertz CT molecular complexity index is 267. The SMILES string of the molecule is C=CCC(C)C/C(C/C=C\CCC)=C(/CC)CS. The lowest BCUT2D eigenvalue weighted by Gasteiger charge is -2.15. The van der Waals surface area contributed by atoms with Gasteiger partial charge in [0.1, 0.15) is 0 Å². The molecule has 0 N–H and O–H groups in total. The smallest absolute Gasteiger partial charge is 0.0115 e. The van der Waals surface area contributed by atoms with Gasteiger partial charge in [0, 0.05) is 5.75 Å². The van der Waals surface area contributed by atoms with Gasteiger partial charge in [-0.05, 0) is 38.0 Å². The van der Waals surface area contributed by atoms with Gasteiger partial charge in [0.25, 0.3) is 0 Å². The van der Waals surface area contributed by atoms with Gasteiger partial charge >= 0.3 is 0 Å². The maximum Gasteiger partial charge on any atom is 0.0115 e. The zero-order valence-electron chi connectivity index (χ0n) is 12.4. The number of allylic oxidation sites excluding steroid dienone is 4. The predicted octanol–water partition coefficient (Wildman–Crippen LogP) is 5.97. The highest BCUT2D eigenvalue weighted by Crippen LogP contribution is 2.24. The molecule has 0 fully saturated rings. The maximum absolute atomic E-state index is 4.47. The van der Waals surface area contributed by atoms with E-state index in [1.165, 1.54) is 24.8 Å². The van der Waals surface area contributed by atoms with E-state index in [9.17, 15) is 0 Å². The molecule has 0 aromatic heterocycles. The molecule has 1 atom stereocenters. The molecule has 0 saturated carbocycles. The summed E-state index contributed by atoms with van der Waals surface area (Å²) in [7, 11) is 0. The minimum Gasteiger partial charge on any atom is -0.175 e. The summed E-state index contributed by atoms with van der Waals surface area (Å²) in [5.41, 5.74) is 3.12. The van der Waals surface area contributed by atoms with Crippen LogP contribution < -0.4 is 0 Å². The van der Waals surface area contributed by atoms with Crippen LogP contribution in [0.2, 0.25) is 0 Å². The molecule has 0 aliphatic carbocycles. The van der Waals surface area contributed by atoms with Crippen LogP contribution in [-0.2, 0) is 0 Å². The third-order valence-electron chi connectivity index (χ3n) is 3.27. The number of hydrogen-bond donors (Lipinski definition) is 1. The summed E-state index contributed by atoms with van der Waals surface area (Å²) in [4.78, 5) is 0. The molecule has 0 rings (SSSR count). The Morgan fingerprint density at radius 2 is 1.94 bits per heavy atom. The Balaban J connectivity index is 4.61. The van der Waals surface area contributed by atoms with Gasteiger partial charge in [-0.15, -0.1) is 6.58 Å². The summed E-state index contributed by atoms with van der Waals surface area (Å²) in [6.45, 7) is 10.6. The zero-order chi connectivity index (χ0) is 13.8. The average Bonchev–Trinajstić information content (AvgIpc) is 2.36. The fourth-order valence-corrected chi connectivity index (χ4v) is 2.59. The van der Waals surface area contributed by atoms with Crippen molar-refractivity contribution in [1.29, 1.82) is 0 Å². The minimum absolute atomic E-state index is 0.693. The summed E-state index contributed by atoms with van der Waals surface area (Å²) >= 11 is 4.47. The summed E-state index contributed by atoms with van der Waals surface area (Å²) in [6.07, 6.45) is 13.6. The van der Waals surface area contributed by atoms with E-state index in [1.54, 1.807) is 5.57 Å². The summed E-state index contributed by atoms with van der Waals surface area (Å²) < 4.78 is 0. The fraction of sp³-hybridized carbons (Fsp3) is 0.647. The molecule has 104 valence electrons. The Labute approximate surface area is 120 Å². The summed E-state index contributed by atoms with van der Waals surface area (Å²) in [5, 5.41) is 0. The van der Waals surface area contributed by atoms with Crippen LogP contribution in [-0.4, -0.2) is 5.75 Å². The lowest BCUT2D eigenvalue weighted by atomic mass is 9.92. The van der Waals surface area contributed by atoms with Crippen molar-refractivity contribution in [3.05, 3.63) is 36.0 Å². The first-order chi connectivity index (χ1) is 8.69. The second-order valence-electron chi connectivity index (χ2n) is 5.02. The molecule has 0 aromatic rings. The first kappa shape index (κ1) is 17.6. The molecule has 0 bridgehead atoms. The highest BCUT2D eigenvalue weighted by atomic mass is 32.1. The van der Waals surface area contributed by atoms with Gasteiger partial charge in [0.15, 0.2) is 0 Å². The quantitative estimate of drug-likeness (QED) is 0.365. The molecule has 0 aromatic carbocycles. The van der Waals surface area contributed by atoms with Crippen molar-refractivity contribution in [2.24, 2.45) is 5.92 Å². The number of unbranched alkanes of at least 4 members (excludes halogenated alkanes) is 1. The van der Waals surface area contributed by atoms with Crippen molar-refractivity contribution >= 4 is 12.6 Å². The fourth-order valence-electron chi connectivity index (χ4n) is 2.14. The van der Waals surface area contributed by atoms with Crippen LogP contribution in [0.4, 0.5) is 0 Å². The maximum atomic E-state index is 4.47. The van der Waals surface area contributed by atoms with Crippen LogP contribution in [0.3, 0.4) is 0 Å². The molecule has 0 aliphatic rings. The third kappa shape index (κ3) is 7.81. The third-order valence-corrected chi connectivity index (χ3v) is 3.65. The number of hydrogen-bond acceptors (Lipinski definition) is 1. The van der Waals surface area contributed by atoms with Crippen LogP contribution >= 0.6 is 12.6 Å². The van der Waals surface area contributed by atoms with E-state index in [0.29, 0.717) is 5.92 Å². The molecule has 0 nitrogen and oxygen atoms in total. The number of rotatable bonds is 10. The Hall–Kier alpha value is -0.430. The first-order valence-corrected chi connectivity index (χ1v) is 7.89. The Morgan fingerprint density at radius 1 is 1.22 bits per heavy atom. The minimum atomic E-state index is 0.693. The van der Waals surface area contributed by atoms with Crippen LogP contribution in [0.15, 0.2) is 36.0 Å². The molecule has 1 heteroatoms. The lowest BCUT2D eigenvalue weighted by Crippen LogP contribution is -2.00. The van der Waals surface area contributed by atoms with Gasteiger partial charge < -0.3 is 0 Å². The van der Waals surface area contributed by atoms with E-state index in [2.05, 4.69) is 52.1 Å². The van der Waals surface area contributed by atoms with E-state index in [-0.39, 0.29) is 0 Å². The van der Waals surface area contributed by atoms with E-state index in [0.717, 1.165) is 25.0 Å². The van der Waals surface area contributed by atoms with Gasteiger partial charge in [-0.3, -0.25) is 0 Å². The van der Waals surface area contributed by atoms with E-state index in [4.69, 9.17) is 0 Å². The monoisotopic (exact) mass is 266 g/mol. The largest absolute Gasteiger partial charge is 0.175 e. The van der Waals surface area contributed by atoms with Crippen LogP contribution in [0.5, 0.6) is 0 Å². The summed E-state index contributed by atoms with van der Waals surface area (Å²) in [5.74, 6) is 1.59. The molecule has 0 spiro atoms. The van der Waals surface area contributed by atoms with Crippen molar-refractivity contribution in [2.45, 2.75) is 59.3 Å². The van der Waals surface area contributed by atoms with Gasteiger partial charge in [-0.25, -0.2) is 0 Å². The topological polar surface area (TPSA) is 0 Å². The van der Waals surface area contributed by atoms with Crippen molar-refractivity contribution in [1.82, 2.24) is 0 Å². The highest BCUT2D eigenvalue weighted by molar-refractivity contribution is 7.80. The first-order valence-electron chi connectivity index (χ1n) is 7.25. The van der Waals surface area contributed by atoms with E-state index < -0.39 is 0 Å². The average molecular weight is 266 g/mol. The standard InChI is InChI=1S/C17H30S/c1-5-8-9-10-12-17(16(7-3)14-18)13-15(4)11-6-2/h6,9-10,15,18H,2,5,7-8,11-14H2,1,3-4H3/b10-9-,17-16-. The molecule has 0 saturated heterocycles. The Kier molecular flexibility index (Phi) is 11.4. The van der Waals surface area contributed by atoms with Gasteiger partial charge in [0.2, 0.25) is 0 Å². The second-order valence-corrected chi connectivity index (χ2v) is 5.33. The molecule has 0 heterocycles. The molecule has 18 heavy (non-hydrogen) atoms. The summed E-state index contributed by atoms with van der Waals surface area (Å²) in [6, 6.07) is 0. The van der Waals surface area contributed by atoms with Gasteiger partial charge in [-0.1, -0.05) is 56.6 Å². The lowest BCUT2D eigenvalue weighted by molar-refractivity contribution is 0.577. The zero-order valence-corrected chi connectivity index (χ0v) is 13.3. The van der Waals surface area contributed by atoms with E-state index >= 15 is 0 Å². The van der Waals surface area contributed by atoms with Gasteiger partial charge in [-0.2, -0.15) is 12.6 Å². The molecular formula is C17H30S. The van der Waals surface area contributed by atoms with Crippen molar-refractivity contribution < 1.29 is 0 Å². The van der Waals surface area contributed by atoms with Crippen molar-refractivity contribution in [3.63, 3.8) is 0 Å². The second kappa shape index (κ2) is 11.6. The molecular weight excluding hydrogens is 236 g/mol. The van der Waals surface area contributed by atoms with Gasteiger partial charge in [0.05, 0.1) is 0 Å². The normalized spacial score (nSPS) is 14.7. The van der Waals surface area contributed by atoms with Crippen LogP contribution in [0, 0.1) is 5.92 Å². The van der Waals surface area contributed by atoms with Crippen molar-refractivity contribution in [3.8, 4) is 0 Å². The molecule has 0 amide bonds. The van der Waals surface area contributed by atoms with Crippen LogP contribution in [0.1, 0.15) is 59.3 Å². The molecule has 1 unspecified atom stereocenters. The number of thiol groups is 1. The molecule has 0 radical (unpaired) electrons. The Morgan fingerprint density at radius 3 is 2.44 bits per heavy atom. The molecule has 0 aliphatic heterocycles. The van der Waals surface area contributed by atoms with Crippen molar-refractivity contribution in [2.75, 3.05) is 5.75 Å². The van der Waals surface area contributed by atoms with E-state index in [1.807, 2.05) is 6.08 Å². The highest BCUT2D eigenvalue weighted by Gasteiger charge is 2.07.